The molecule has 7 aromatic rings. The first kappa shape index (κ1) is 26.9. The van der Waals surface area contributed by atoms with Crippen LogP contribution in [0.4, 0.5) is 27.1 Å². The van der Waals surface area contributed by atoms with Crippen LogP contribution in [0.15, 0.2) is 145 Å². The zero-order chi connectivity index (χ0) is 30.8. The quantitative estimate of drug-likeness (QED) is 0.182. The van der Waals surface area contributed by atoms with Gasteiger partial charge in [0, 0.05) is 45.6 Å². The van der Waals surface area contributed by atoms with Crippen molar-refractivity contribution in [3.05, 3.63) is 157 Å². The summed E-state index contributed by atoms with van der Waals surface area (Å²) in [5, 5.41) is 7.49. The van der Waals surface area contributed by atoms with Crippen molar-refractivity contribution in [1.82, 2.24) is 0 Å². The standard InChI is InChI=1S/C43H33FN2/c1-28-8-7-12-33(26-28)46(34-18-21-38(44)37(27-34)29-9-3-2-4-10-29)41-23-17-32-14-19-35-40(45-25-24-30-11-5-6-13-39(30)45)22-16-31-15-20-36(41)43(32)42(31)35/h2-7,9-23,26-28H,8,24-25H2,1H3. The molecule has 1 unspecified atom stereocenters. The fraction of sp³-hybridized carbons (Fsp3) is 0.116. The van der Waals surface area contributed by atoms with E-state index < -0.39 is 0 Å². The Hall–Kier alpha value is -5.41. The number of anilines is 4. The average Bonchev–Trinajstić information content (AvgIpc) is 3.53. The minimum absolute atomic E-state index is 0.220. The van der Waals surface area contributed by atoms with Crippen molar-refractivity contribution in [2.24, 2.45) is 5.92 Å². The van der Waals surface area contributed by atoms with Gasteiger partial charge in [-0.05, 0) is 93.9 Å². The fourth-order valence-corrected chi connectivity index (χ4v) is 7.68. The molecule has 2 aliphatic rings. The molecule has 222 valence electrons. The topological polar surface area (TPSA) is 6.48 Å². The average molecular weight is 597 g/mol. The summed E-state index contributed by atoms with van der Waals surface area (Å²) in [5.41, 5.74) is 8.58. The normalized spacial score (nSPS) is 16.0. The Morgan fingerprint density at radius 2 is 1.46 bits per heavy atom. The van der Waals surface area contributed by atoms with E-state index >= 15 is 4.39 Å². The molecule has 0 saturated carbocycles. The molecule has 0 spiro atoms. The van der Waals surface area contributed by atoms with E-state index in [4.69, 9.17) is 0 Å². The molecule has 1 aliphatic carbocycles. The Morgan fingerprint density at radius 3 is 2.30 bits per heavy atom. The van der Waals surface area contributed by atoms with Crippen LogP contribution in [-0.2, 0) is 6.42 Å². The highest BCUT2D eigenvalue weighted by atomic mass is 19.1. The molecule has 0 N–H and O–H groups in total. The first-order valence-electron chi connectivity index (χ1n) is 16.2. The van der Waals surface area contributed by atoms with E-state index in [1.54, 1.807) is 6.07 Å². The number of hydrogen-bond acceptors (Lipinski definition) is 2. The fourth-order valence-electron chi connectivity index (χ4n) is 7.68. The molecule has 1 heterocycles. The van der Waals surface area contributed by atoms with Crippen LogP contribution in [0.5, 0.6) is 0 Å². The van der Waals surface area contributed by atoms with Crippen LogP contribution in [0.25, 0.3) is 43.4 Å². The maximum Gasteiger partial charge on any atom is 0.131 e. The summed E-state index contributed by atoms with van der Waals surface area (Å²) in [5.74, 6) is 0.185. The predicted molar refractivity (Wildman–Crippen MR) is 192 cm³/mol. The molecule has 0 amide bonds. The Labute approximate surface area is 268 Å². The number of para-hydroxylation sites is 1. The minimum atomic E-state index is -0.220. The Morgan fingerprint density at radius 1 is 0.717 bits per heavy atom. The van der Waals surface area contributed by atoms with Gasteiger partial charge in [0.1, 0.15) is 5.82 Å². The van der Waals surface area contributed by atoms with Crippen molar-refractivity contribution in [1.29, 1.82) is 0 Å². The minimum Gasteiger partial charge on any atom is -0.340 e. The van der Waals surface area contributed by atoms with Gasteiger partial charge in [-0.3, -0.25) is 0 Å². The third-order valence-electron chi connectivity index (χ3n) is 9.84. The third kappa shape index (κ3) is 4.23. The van der Waals surface area contributed by atoms with E-state index in [1.807, 2.05) is 42.5 Å². The van der Waals surface area contributed by atoms with Crippen LogP contribution in [0.1, 0.15) is 18.9 Å². The second kappa shape index (κ2) is 10.6. The Balaban J connectivity index is 1.28. The van der Waals surface area contributed by atoms with Gasteiger partial charge in [0.05, 0.1) is 5.69 Å². The number of halogens is 1. The Kier molecular flexibility index (Phi) is 6.21. The maximum atomic E-state index is 15.4. The maximum absolute atomic E-state index is 15.4. The molecule has 9 rings (SSSR count). The van der Waals surface area contributed by atoms with Gasteiger partial charge in [-0.1, -0.05) is 104 Å². The van der Waals surface area contributed by atoms with Crippen LogP contribution in [0.2, 0.25) is 0 Å². The molecule has 1 atom stereocenters. The van der Waals surface area contributed by atoms with Gasteiger partial charge in [0.15, 0.2) is 0 Å². The molecule has 0 aromatic heterocycles. The number of nitrogens with zero attached hydrogens (tertiary/aromatic N) is 2. The smallest absolute Gasteiger partial charge is 0.131 e. The molecular weight excluding hydrogens is 563 g/mol. The van der Waals surface area contributed by atoms with Crippen molar-refractivity contribution in [2.75, 3.05) is 16.3 Å². The molecule has 0 fully saturated rings. The van der Waals surface area contributed by atoms with Gasteiger partial charge in [-0.15, -0.1) is 0 Å². The second-order valence-electron chi connectivity index (χ2n) is 12.7. The summed E-state index contributed by atoms with van der Waals surface area (Å²) in [6.07, 6.45) is 8.88. The predicted octanol–water partition coefficient (Wildman–Crippen LogP) is 11.7. The van der Waals surface area contributed by atoms with Gasteiger partial charge >= 0.3 is 0 Å². The first-order valence-corrected chi connectivity index (χ1v) is 16.2. The lowest BCUT2D eigenvalue weighted by Crippen LogP contribution is -2.18. The summed E-state index contributed by atoms with van der Waals surface area (Å²) >= 11 is 0. The highest BCUT2D eigenvalue weighted by molar-refractivity contribution is 6.27. The van der Waals surface area contributed by atoms with Crippen molar-refractivity contribution >= 4 is 55.1 Å². The van der Waals surface area contributed by atoms with Crippen molar-refractivity contribution in [2.45, 2.75) is 19.8 Å². The Bertz CT molecular complexity index is 2330. The molecular formula is C43H33FN2. The number of fused-ring (bicyclic) bond motifs is 1. The lowest BCUT2D eigenvalue weighted by atomic mass is 9.91. The highest BCUT2D eigenvalue weighted by Crippen LogP contribution is 2.47. The summed E-state index contributed by atoms with van der Waals surface area (Å²) < 4.78 is 15.4. The van der Waals surface area contributed by atoms with E-state index in [1.165, 1.54) is 49.3 Å². The van der Waals surface area contributed by atoms with Gasteiger partial charge < -0.3 is 9.80 Å². The second-order valence-corrected chi connectivity index (χ2v) is 12.7. The zero-order valence-electron chi connectivity index (χ0n) is 25.8. The van der Waals surface area contributed by atoms with Gasteiger partial charge in [0.25, 0.3) is 0 Å². The van der Waals surface area contributed by atoms with Gasteiger partial charge in [-0.25, -0.2) is 4.39 Å². The van der Waals surface area contributed by atoms with Crippen LogP contribution in [0.3, 0.4) is 0 Å². The van der Waals surface area contributed by atoms with Crippen LogP contribution < -0.4 is 9.80 Å². The molecule has 1 aliphatic heterocycles. The van der Waals surface area contributed by atoms with Crippen molar-refractivity contribution in [3.63, 3.8) is 0 Å². The first-order chi connectivity index (χ1) is 22.6. The molecule has 0 saturated heterocycles. The molecule has 3 heteroatoms. The lowest BCUT2D eigenvalue weighted by molar-refractivity contribution is 0.631. The summed E-state index contributed by atoms with van der Waals surface area (Å²) in [6.45, 7) is 3.24. The number of allylic oxidation sites excluding steroid dienone is 3. The van der Waals surface area contributed by atoms with Gasteiger partial charge in [0.2, 0.25) is 0 Å². The van der Waals surface area contributed by atoms with Crippen molar-refractivity contribution in [3.8, 4) is 11.1 Å². The van der Waals surface area contributed by atoms with Crippen LogP contribution in [-0.4, -0.2) is 6.54 Å². The molecule has 0 bridgehead atoms. The van der Waals surface area contributed by atoms with E-state index in [0.717, 1.165) is 42.0 Å². The van der Waals surface area contributed by atoms with E-state index in [0.29, 0.717) is 11.5 Å². The molecule has 2 nitrogen and oxygen atoms in total. The van der Waals surface area contributed by atoms with E-state index in [2.05, 4.69) is 108 Å². The van der Waals surface area contributed by atoms with Crippen molar-refractivity contribution < 1.29 is 4.39 Å². The van der Waals surface area contributed by atoms with E-state index in [-0.39, 0.29) is 5.82 Å². The summed E-state index contributed by atoms with van der Waals surface area (Å²) in [7, 11) is 0. The number of benzene rings is 7. The SMILES string of the molecule is CC1C=C(N(c2ccc(F)c(-c3ccccc3)c2)c2ccc3ccc4c(N5CCc6ccccc65)ccc5ccc2c3c54)C=CC1. The summed E-state index contributed by atoms with van der Waals surface area (Å²) in [6, 6.07) is 42.3. The monoisotopic (exact) mass is 596 g/mol. The molecule has 7 aromatic carbocycles. The third-order valence-corrected chi connectivity index (χ3v) is 9.84. The summed E-state index contributed by atoms with van der Waals surface area (Å²) in [4.78, 5) is 4.80. The number of rotatable bonds is 5. The molecule has 46 heavy (non-hydrogen) atoms. The number of hydrogen-bond donors (Lipinski definition) is 0. The largest absolute Gasteiger partial charge is 0.340 e. The van der Waals surface area contributed by atoms with Gasteiger partial charge in [-0.2, -0.15) is 0 Å². The van der Waals surface area contributed by atoms with E-state index in [9.17, 15) is 0 Å². The van der Waals surface area contributed by atoms with Crippen LogP contribution >= 0.6 is 0 Å². The lowest BCUT2D eigenvalue weighted by Gasteiger charge is -2.31. The highest BCUT2D eigenvalue weighted by Gasteiger charge is 2.25. The zero-order valence-corrected chi connectivity index (χ0v) is 25.8. The molecule has 0 radical (unpaired) electrons. The van der Waals surface area contributed by atoms with Crippen LogP contribution in [0, 0.1) is 11.7 Å².